The van der Waals surface area contributed by atoms with Crippen LogP contribution >= 0.6 is 0 Å². The molecule has 4 nitrogen and oxygen atoms in total. The SMILES string of the molecule is Cc1ccc(CNc2ccccc2-c2nnc(C)o2)cc1. The van der Waals surface area contributed by atoms with Crippen LogP contribution in [0.3, 0.4) is 0 Å². The maximum atomic E-state index is 5.52. The standard InChI is InChI=1S/C17H17N3O/c1-12-7-9-14(10-8-12)11-18-16-6-4-3-5-15(16)17-20-19-13(2)21-17/h3-10,18H,11H2,1-2H3. The van der Waals surface area contributed by atoms with Crippen molar-refractivity contribution in [2.24, 2.45) is 0 Å². The number of para-hydroxylation sites is 1. The Morgan fingerprint density at radius 3 is 2.43 bits per heavy atom. The van der Waals surface area contributed by atoms with Gasteiger partial charge in [0.25, 0.3) is 0 Å². The van der Waals surface area contributed by atoms with Crippen LogP contribution in [0.15, 0.2) is 52.9 Å². The van der Waals surface area contributed by atoms with Gasteiger partial charge < -0.3 is 9.73 Å². The summed E-state index contributed by atoms with van der Waals surface area (Å²) in [5.74, 6) is 1.11. The predicted octanol–water partition coefficient (Wildman–Crippen LogP) is 3.97. The summed E-state index contributed by atoms with van der Waals surface area (Å²) in [5, 5.41) is 11.4. The second-order valence-electron chi connectivity index (χ2n) is 5.01. The number of rotatable bonds is 4. The Hall–Kier alpha value is -2.62. The minimum Gasteiger partial charge on any atom is -0.421 e. The number of hydrogen-bond acceptors (Lipinski definition) is 4. The van der Waals surface area contributed by atoms with E-state index in [1.807, 2.05) is 24.3 Å². The molecule has 0 fully saturated rings. The van der Waals surface area contributed by atoms with E-state index in [0.29, 0.717) is 11.8 Å². The summed E-state index contributed by atoms with van der Waals surface area (Å²) >= 11 is 0. The molecule has 1 aromatic heterocycles. The van der Waals surface area contributed by atoms with Gasteiger partial charge in [0, 0.05) is 19.2 Å². The van der Waals surface area contributed by atoms with Crippen molar-refractivity contribution in [3.63, 3.8) is 0 Å². The fourth-order valence-electron chi connectivity index (χ4n) is 2.13. The molecule has 0 spiro atoms. The van der Waals surface area contributed by atoms with Crippen LogP contribution in [-0.2, 0) is 6.54 Å². The van der Waals surface area contributed by atoms with E-state index in [4.69, 9.17) is 4.42 Å². The molecule has 3 rings (SSSR count). The number of aryl methyl sites for hydroxylation is 2. The van der Waals surface area contributed by atoms with Crippen LogP contribution in [-0.4, -0.2) is 10.2 Å². The third-order valence-corrected chi connectivity index (χ3v) is 3.29. The minimum atomic E-state index is 0.541. The van der Waals surface area contributed by atoms with Gasteiger partial charge in [0.2, 0.25) is 11.8 Å². The van der Waals surface area contributed by atoms with Crippen molar-refractivity contribution in [3.05, 3.63) is 65.5 Å². The molecule has 106 valence electrons. The second kappa shape index (κ2) is 5.79. The smallest absolute Gasteiger partial charge is 0.249 e. The van der Waals surface area contributed by atoms with E-state index in [1.54, 1.807) is 6.92 Å². The van der Waals surface area contributed by atoms with E-state index in [1.165, 1.54) is 11.1 Å². The Balaban J connectivity index is 1.81. The molecule has 0 aliphatic carbocycles. The summed E-state index contributed by atoms with van der Waals surface area (Å²) in [7, 11) is 0. The van der Waals surface area contributed by atoms with Crippen molar-refractivity contribution in [1.82, 2.24) is 10.2 Å². The number of anilines is 1. The molecule has 1 heterocycles. The first-order valence-corrected chi connectivity index (χ1v) is 6.91. The highest BCUT2D eigenvalue weighted by molar-refractivity contribution is 5.72. The van der Waals surface area contributed by atoms with E-state index in [-0.39, 0.29) is 0 Å². The molecule has 0 aliphatic rings. The third-order valence-electron chi connectivity index (χ3n) is 3.29. The normalized spacial score (nSPS) is 10.6. The van der Waals surface area contributed by atoms with Crippen molar-refractivity contribution >= 4 is 5.69 Å². The van der Waals surface area contributed by atoms with Gasteiger partial charge in [-0.3, -0.25) is 0 Å². The lowest BCUT2D eigenvalue weighted by Crippen LogP contribution is -2.01. The molecule has 0 radical (unpaired) electrons. The van der Waals surface area contributed by atoms with Crippen molar-refractivity contribution in [2.75, 3.05) is 5.32 Å². The maximum Gasteiger partial charge on any atom is 0.249 e. The van der Waals surface area contributed by atoms with Crippen LogP contribution in [0.4, 0.5) is 5.69 Å². The number of aromatic nitrogens is 2. The molecular weight excluding hydrogens is 262 g/mol. The minimum absolute atomic E-state index is 0.541. The van der Waals surface area contributed by atoms with Gasteiger partial charge >= 0.3 is 0 Å². The Labute approximate surface area is 123 Å². The zero-order chi connectivity index (χ0) is 14.7. The zero-order valence-electron chi connectivity index (χ0n) is 12.1. The Morgan fingerprint density at radius 1 is 0.952 bits per heavy atom. The average Bonchev–Trinajstić information content (AvgIpc) is 2.93. The number of nitrogens with one attached hydrogen (secondary N) is 1. The lowest BCUT2D eigenvalue weighted by atomic mass is 10.1. The van der Waals surface area contributed by atoms with Crippen LogP contribution in [0, 0.1) is 13.8 Å². The average molecular weight is 279 g/mol. The summed E-state index contributed by atoms with van der Waals surface area (Å²) in [6, 6.07) is 16.4. The van der Waals surface area contributed by atoms with Gasteiger partial charge in [0.1, 0.15) is 0 Å². The summed E-state index contributed by atoms with van der Waals surface area (Å²) in [6.07, 6.45) is 0. The highest BCUT2D eigenvalue weighted by Crippen LogP contribution is 2.27. The van der Waals surface area contributed by atoms with Crippen LogP contribution in [0.5, 0.6) is 0 Å². The summed E-state index contributed by atoms with van der Waals surface area (Å²) < 4.78 is 5.52. The lowest BCUT2D eigenvalue weighted by molar-refractivity contribution is 0.533. The summed E-state index contributed by atoms with van der Waals surface area (Å²) in [6.45, 7) is 4.63. The zero-order valence-corrected chi connectivity index (χ0v) is 12.1. The molecule has 1 N–H and O–H groups in total. The van der Waals surface area contributed by atoms with Gasteiger partial charge in [-0.15, -0.1) is 10.2 Å². The van der Waals surface area contributed by atoms with E-state index in [0.717, 1.165) is 17.8 Å². The molecule has 4 heteroatoms. The van der Waals surface area contributed by atoms with Gasteiger partial charge in [-0.05, 0) is 24.6 Å². The predicted molar refractivity (Wildman–Crippen MR) is 83.0 cm³/mol. The van der Waals surface area contributed by atoms with Crippen molar-refractivity contribution in [2.45, 2.75) is 20.4 Å². The molecule has 0 amide bonds. The van der Waals surface area contributed by atoms with Gasteiger partial charge in [-0.1, -0.05) is 42.0 Å². The highest BCUT2D eigenvalue weighted by atomic mass is 16.4. The Bertz CT molecular complexity index is 732. The fraction of sp³-hybridized carbons (Fsp3) is 0.176. The largest absolute Gasteiger partial charge is 0.421 e. The highest BCUT2D eigenvalue weighted by Gasteiger charge is 2.10. The van der Waals surface area contributed by atoms with Crippen LogP contribution in [0.1, 0.15) is 17.0 Å². The van der Waals surface area contributed by atoms with Crippen molar-refractivity contribution in [1.29, 1.82) is 0 Å². The molecule has 0 aliphatic heterocycles. The lowest BCUT2D eigenvalue weighted by Gasteiger charge is -2.10. The molecule has 21 heavy (non-hydrogen) atoms. The molecule has 0 bridgehead atoms. The van der Waals surface area contributed by atoms with E-state index in [2.05, 4.69) is 46.7 Å². The first-order chi connectivity index (χ1) is 10.2. The number of benzene rings is 2. The van der Waals surface area contributed by atoms with Gasteiger partial charge in [0.15, 0.2) is 0 Å². The Kier molecular flexibility index (Phi) is 3.69. The molecule has 0 atom stereocenters. The van der Waals surface area contributed by atoms with Crippen LogP contribution in [0.25, 0.3) is 11.5 Å². The van der Waals surface area contributed by atoms with Crippen LogP contribution in [0.2, 0.25) is 0 Å². The molecule has 0 saturated heterocycles. The van der Waals surface area contributed by atoms with Crippen molar-refractivity contribution in [3.8, 4) is 11.5 Å². The summed E-state index contributed by atoms with van der Waals surface area (Å²) in [4.78, 5) is 0. The topological polar surface area (TPSA) is 51.0 Å². The molecule has 0 unspecified atom stereocenters. The fourth-order valence-corrected chi connectivity index (χ4v) is 2.13. The monoisotopic (exact) mass is 279 g/mol. The second-order valence-corrected chi connectivity index (χ2v) is 5.01. The maximum absolute atomic E-state index is 5.52. The first kappa shape index (κ1) is 13.4. The summed E-state index contributed by atoms with van der Waals surface area (Å²) in [5.41, 5.74) is 4.41. The van der Waals surface area contributed by atoms with Gasteiger partial charge in [0.05, 0.1) is 5.56 Å². The third kappa shape index (κ3) is 3.11. The van der Waals surface area contributed by atoms with E-state index >= 15 is 0 Å². The first-order valence-electron chi connectivity index (χ1n) is 6.91. The Morgan fingerprint density at radius 2 is 1.71 bits per heavy atom. The molecule has 2 aromatic carbocycles. The van der Waals surface area contributed by atoms with E-state index < -0.39 is 0 Å². The van der Waals surface area contributed by atoms with E-state index in [9.17, 15) is 0 Å². The van der Waals surface area contributed by atoms with Gasteiger partial charge in [-0.2, -0.15) is 0 Å². The van der Waals surface area contributed by atoms with Crippen LogP contribution < -0.4 is 5.32 Å². The molecule has 0 saturated carbocycles. The van der Waals surface area contributed by atoms with Gasteiger partial charge in [-0.25, -0.2) is 0 Å². The van der Waals surface area contributed by atoms with Crippen molar-refractivity contribution < 1.29 is 4.42 Å². The molecule has 3 aromatic rings. The quantitative estimate of drug-likeness (QED) is 0.785. The number of hydrogen-bond donors (Lipinski definition) is 1. The number of nitrogens with zero attached hydrogens (tertiary/aromatic N) is 2. The molecular formula is C17H17N3O.